The summed E-state index contributed by atoms with van der Waals surface area (Å²) < 4.78 is 0.794. The summed E-state index contributed by atoms with van der Waals surface area (Å²) in [6.45, 7) is 6.81. The van der Waals surface area contributed by atoms with Gasteiger partial charge < -0.3 is 10.6 Å². The largest absolute Gasteiger partial charge is 0.360 e. The first-order chi connectivity index (χ1) is 10.1. The van der Waals surface area contributed by atoms with E-state index in [0.717, 1.165) is 32.8 Å². The number of aryl methyl sites for hydroxylation is 2. The second-order valence-electron chi connectivity index (χ2n) is 4.56. The van der Waals surface area contributed by atoms with Crippen LogP contribution >= 0.6 is 23.1 Å². The third kappa shape index (κ3) is 4.71. The molecule has 1 aromatic carbocycles. The van der Waals surface area contributed by atoms with Gasteiger partial charge in [0.1, 0.15) is 0 Å². The first-order valence-electron chi connectivity index (χ1n) is 6.65. The summed E-state index contributed by atoms with van der Waals surface area (Å²) >= 11 is 2.86. The summed E-state index contributed by atoms with van der Waals surface area (Å²) in [4.78, 5) is 12.0. The van der Waals surface area contributed by atoms with Crippen LogP contribution in [0, 0.1) is 13.8 Å². The maximum Gasteiger partial charge on any atom is 0.234 e. The highest BCUT2D eigenvalue weighted by atomic mass is 32.2. The third-order valence-corrected chi connectivity index (χ3v) is 4.74. The molecule has 2 aromatic rings. The zero-order valence-corrected chi connectivity index (χ0v) is 13.9. The molecule has 0 saturated carbocycles. The Bertz CT molecular complexity index is 627. The second kappa shape index (κ2) is 7.42. The van der Waals surface area contributed by atoms with E-state index in [2.05, 4.69) is 20.8 Å². The number of anilines is 2. The van der Waals surface area contributed by atoms with Gasteiger partial charge in [0.05, 0.1) is 5.75 Å². The van der Waals surface area contributed by atoms with Gasteiger partial charge in [0, 0.05) is 12.2 Å². The summed E-state index contributed by atoms with van der Waals surface area (Å²) in [6, 6.07) is 6.01. The molecule has 2 rings (SSSR count). The van der Waals surface area contributed by atoms with Crippen molar-refractivity contribution in [3.8, 4) is 0 Å². The van der Waals surface area contributed by atoms with E-state index in [-0.39, 0.29) is 5.91 Å². The normalized spacial score (nSPS) is 10.4. The van der Waals surface area contributed by atoms with Crippen molar-refractivity contribution in [2.45, 2.75) is 25.1 Å². The first-order valence-corrected chi connectivity index (χ1v) is 8.46. The van der Waals surface area contributed by atoms with E-state index in [1.165, 1.54) is 23.1 Å². The van der Waals surface area contributed by atoms with Gasteiger partial charge in [-0.25, -0.2) is 0 Å². The van der Waals surface area contributed by atoms with Gasteiger partial charge in [0.15, 0.2) is 4.34 Å². The van der Waals surface area contributed by atoms with Crippen molar-refractivity contribution < 1.29 is 4.79 Å². The molecule has 21 heavy (non-hydrogen) atoms. The van der Waals surface area contributed by atoms with Crippen molar-refractivity contribution in [2.24, 2.45) is 0 Å². The van der Waals surface area contributed by atoms with E-state index >= 15 is 0 Å². The summed E-state index contributed by atoms with van der Waals surface area (Å²) in [5.74, 6) is 0.294. The number of amides is 1. The lowest BCUT2D eigenvalue weighted by atomic mass is 10.1. The number of aromatic nitrogens is 2. The number of hydrogen-bond acceptors (Lipinski definition) is 6. The topological polar surface area (TPSA) is 66.9 Å². The molecule has 0 unspecified atom stereocenters. The molecule has 0 aliphatic heterocycles. The van der Waals surface area contributed by atoms with Crippen LogP contribution in [0.15, 0.2) is 22.5 Å². The van der Waals surface area contributed by atoms with Crippen molar-refractivity contribution in [2.75, 3.05) is 22.9 Å². The van der Waals surface area contributed by atoms with Crippen LogP contribution < -0.4 is 10.6 Å². The van der Waals surface area contributed by atoms with Crippen molar-refractivity contribution in [1.29, 1.82) is 0 Å². The van der Waals surface area contributed by atoms with Crippen LogP contribution in [0.3, 0.4) is 0 Å². The number of rotatable bonds is 6. The molecule has 1 aromatic heterocycles. The lowest BCUT2D eigenvalue weighted by Gasteiger charge is -2.08. The molecule has 5 nitrogen and oxygen atoms in total. The molecule has 0 radical (unpaired) electrons. The predicted molar refractivity (Wildman–Crippen MR) is 89.3 cm³/mol. The zero-order valence-electron chi connectivity index (χ0n) is 12.3. The van der Waals surface area contributed by atoms with Crippen LogP contribution in [-0.4, -0.2) is 28.4 Å². The van der Waals surface area contributed by atoms with Crippen LogP contribution in [0.5, 0.6) is 0 Å². The zero-order chi connectivity index (χ0) is 15.2. The molecule has 2 N–H and O–H groups in total. The molecule has 0 fully saturated rings. The van der Waals surface area contributed by atoms with Crippen molar-refractivity contribution in [3.63, 3.8) is 0 Å². The van der Waals surface area contributed by atoms with Gasteiger partial charge in [0.25, 0.3) is 0 Å². The molecule has 0 bridgehead atoms. The Morgan fingerprint density at radius 1 is 1.33 bits per heavy atom. The molecule has 112 valence electrons. The van der Waals surface area contributed by atoms with Gasteiger partial charge in [0.2, 0.25) is 11.0 Å². The van der Waals surface area contributed by atoms with Crippen LogP contribution in [0.2, 0.25) is 0 Å². The van der Waals surface area contributed by atoms with Crippen LogP contribution in [0.1, 0.15) is 18.1 Å². The number of nitrogens with one attached hydrogen (secondary N) is 2. The second-order valence-corrected chi connectivity index (χ2v) is 6.76. The van der Waals surface area contributed by atoms with Gasteiger partial charge in [-0.1, -0.05) is 35.2 Å². The van der Waals surface area contributed by atoms with Gasteiger partial charge in [-0.15, -0.1) is 10.2 Å². The van der Waals surface area contributed by atoms with Gasteiger partial charge in [-0.3, -0.25) is 4.79 Å². The Balaban J connectivity index is 1.88. The minimum atomic E-state index is -0.0334. The minimum Gasteiger partial charge on any atom is -0.360 e. The van der Waals surface area contributed by atoms with Crippen molar-refractivity contribution in [1.82, 2.24) is 10.2 Å². The fourth-order valence-electron chi connectivity index (χ4n) is 1.67. The van der Waals surface area contributed by atoms with E-state index in [0.29, 0.717) is 5.75 Å². The average molecular weight is 322 g/mol. The standard InChI is InChI=1S/C14H18N4OS2/c1-4-15-13-17-18-14(21-13)20-8-12(19)16-11-7-9(2)5-6-10(11)3/h5-7H,4,8H2,1-3H3,(H,15,17)(H,16,19). The highest BCUT2D eigenvalue weighted by molar-refractivity contribution is 8.01. The summed E-state index contributed by atoms with van der Waals surface area (Å²) in [6.07, 6.45) is 0. The SMILES string of the molecule is CCNc1nnc(SCC(=O)Nc2cc(C)ccc2C)s1. The summed E-state index contributed by atoms with van der Waals surface area (Å²) in [5, 5.41) is 14.9. The number of thioether (sulfide) groups is 1. The number of nitrogens with zero attached hydrogens (tertiary/aromatic N) is 2. The molecule has 7 heteroatoms. The van der Waals surface area contributed by atoms with Crippen molar-refractivity contribution >= 4 is 39.8 Å². The molecule has 0 aliphatic carbocycles. The number of benzene rings is 1. The Hall–Kier alpha value is -1.60. The summed E-state index contributed by atoms with van der Waals surface area (Å²) in [5.41, 5.74) is 3.05. The number of hydrogen-bond donors (Lipinski definition) is 2. The van der Waals surface area contributed by atoms with Gasteiger partial charge in [-0.2, -0.15) is 0 Å². The Kier molecular flexibility index (Phi) is 5.58. The smallest absolute Gasteiger partial charge is 0.234 e. The molecular formula is C14H18N4OS2. The fraction of sp³-hybridized carbons (Fsp3) is 0.357. The fourth-order valence-corrected chi connectivity index (χ4v) is 3.29. The van der Waals surface area contributed by atoms with E-state index in [1.54, 1.807) is 0 Å². The monoisotopic (exact) mass is 322 g/mol. The highest BCUT2D eigenvalue weighted by Gasteiger charge is 2.09. The van der Waals surface area contributed by atoms with Gasteiger partial charge in [-0.05, 0) is 38.0 Å². The van der Waals surface area contributed by atoms with E-state index in [4.69, 9.17) is 0 Å². The highest BCUT2D eigenvalue weighted by Crippen LogP contribution is 2.25. The maximum atomic E-state index is 12.0. The molecular weight excluding hydrogens is 304 g/mol. The molecule has 1 amide bonds. The van der Waals surface area contributed by atoms with E-state index < -0.39 is 0 Å². The Morgan fingerprint density at radius 3 is 2.90 bits per heavy atom. The van der Waals surface area contributed by atoms with Crippen LogP contribution in [0.25, 0.3) is 0 Å². The third-order valence-electron chi connectivity index (χ3n) is 2.73. The number of carbonyl (C=O) groups is 1. The molecule has 0 atom stereocenters. The van der Waals surface area contributed by atoms with E-state index in [9.17, 15) is 4.79 Å². The van der Waals surface area contributed by atoms with Crippen LogP contribution in [0.4, 0.5) is 10.8 Å². The predicted octanol–water partition coefficient (Wildman–Crippen LogP) is 3.32. The number of carbonyl (C=O) groups excluding carboxylic acids is 1. The van der Waals surface area contributed by atoms with Crippen LogP contribution in [-0.2, 0) is 4.79 Å². The van der Waals surface area contributed by atoms with Gasteiger partial charge >= 0.3 is 0 Å². The molecule has 0 spiro atoms. The summed E-state index contributed by atoms with van der Waals surface area (Å²) in [7, 11) is 0. The average Bonchev–Trinajstić information content (AvgIpc) is 2.89. The molecule has 0 saturated heterocycles. The quantitative estimate of drug-likeness (QED) is 0.799. The molecule has 0 aliphatic rings. The van der Waals surface area contributed by atoms with E-state index in [1.807, 2.05) is 39.0 Å². The Morgan fingerprint density at radius 2 is 2.14 bits per heavy atom. The molecule has 1 heterocycles. The van der Waals surface area contributed by atoms with Crippen molar-refractivity contribution in [3.05, 3.63) is 29.3 Å². The first kappa shape index (κ1) is 15.8. The Labute approximate surface area is 132 Å². The minimum absolute atomic E-state index is 0.0334. The lowest BCUT2D eigenvalue weighted by Crippen LogP contribution is -2.14. The lowest BCUT2D eigenvalue weighted by molar-refractivity contribution is -0.113. The maximum absolute atomic E-state index is 12.0.